The Morgan fingerprint density at radius 2 is 2.11 bits per heavy atom. The van der Waals surface area contributed by atoms with Gasteiger partial charge in [0.2, 0.25) is 5.88 Å². The van der Waals surface area contributed by atoms with Crippen LogP contribution < -0.4 is 10.5 Å². The Bertz CT molecular complexity index is 900. The van der Waals surface area contributed by atoms with Gasteiger partial charge in [-0.1, -0.05) is 15.9 Å². The summed E-state index contributed by atoms with van der Waals surface area (Å²) in [5, 5.41) is 9.66. The van der Waals surface area contributed by atoms with Crippen LogP contribution in [0.4, 0.5) is 0 Å². The van der Waals surface area contributed by atoms with Crippen molar-refractivity contribution in [1.82, 2.24) is 0 Å². The zero-order valence-electron chi connectivity index (χ0n) is 15.6. The maximum absolute atomic E-state index is 12.6. The molecule has 0 fully saturated rings. The topological polar surface area (TPSA) is 121 Å². The Labute approximate surface area is 170 Å². The van der Waals surface area contributed by atoms with Crippen LogP contribution in [0.25, 0.3) is 0 Å². The maximum Gasteiger partial charge on any atom is 0.343 e. The molecule has 2 rings (SSSR count). The van der Waals surface area contributed by atoms with Crippen LogP contribution in [0.2, 0.25) is 0 Å². The molecule has 0 bridgehead atoms. The number of hydrogen-bond acceptors (Lipinski definition) is 8. The third-order valence-electron chi connectivity index (χ3n) is 3.96. The lowest BCUT2D eigenvalue weighted by Gasteiger charge is -2.28. The molecule has 9 heteroatoms. The van der Waals surface area contributed by atoms with Gasteiger partial charge < -0.3 is 24.7 Å². The smallest absolute Gasteiger partial charge is 0.343 e. The van der Waals surface area contributed by atoms with Crippen LogP contribution >= 0.6 is 15.9 Å². The second-order valence-electron chi connectivity index (χ2n) is 5.66. The van der Waals surface area contributed by atoms with Gasteiger partial charge in [0.05, 0.1) is 25.2 Å². The summed E-state index contributed by atoms with van der Waals surface area (Å²) in [7, 11) is 1.24. The zero-order chi connectivity index (χ0) is 20.8. The van der Waals surface area contributed by atoms with E-state index in [-0.39, 0.29) is 41.8 Å². The molecule has 2 N–H and O–H groups in total. The van der Waals surface area contributed by atoms with E-state index in [2.05, 4.69) is 20.7 Å². The standard InChI is InChI=1S/C19H19BrN2O6/c1-4-26-19(24)16-10(2)28-18(22)13(8-21)17(16)12-7-11(20)5-6-14(12)27-9-15(23)25-3/h5-7,17H,4,9,22H2,1-3H3. The average Bonchev–Trinajstić information content (AvgIpc) is 2.66. The van der Waals surface area contributed by atoms with Crippen molar-refractivity contribution in [2.45, 2.75) is 19.8 Å². The number of methoxy groups -OCH3 is 1. The van der Waals surface area contributed by atoms with E-state index in [1.807, 2.05) is 6.07 Å². The summed E-state index contributed by atoms with van der Waals surface area (Å²) in [6.07, 6.45) is 0. The molecule has 0 aromatic heterocycles. The number of nitrogens with two attached hydrogens (primary N) is 1. The van der Waals surface area contributed by atoms with E-state index in [0.717, 1.165) is 0 Å². The third kappa shape index (κ3) is 4.46. The highest BCUT2D eigenvalue weighted by Gasteiger charge is 2.38. The van der Waals surface area contributed by atoms with Crippen molar-refractivity contribution in [2.75, 3.05) is 20.3 Å². The minimum atomic E-state index is -0.886. The third-order valence-corrected chi connectivity index (χ3v) is 4.45. The molecular formula is C19H19BrN2O6. The SMILES string of the molecule is CCOC(=O)C1=C(C)OC(N)=C(C#N)C1c1cc(Br)ccc1OCC(=O)OC. The number of nitriles is 1. The number of allylic oxidation sites excluding steroid dienone is 2. The first-order valence-electron chi connectivity index (χ1n) is 8.28. The van der Waals surface area contributed by atoms with Gasteiger partial charge in [-0.15, -0.1) is 0 Å². The Hall–Kier alpha value is -2.99. The second-order valence-corrected chi connectivity index (χ2v) is 6.58. The van der Waals surface area contributed by atoms with Gasteiger partial charge in [0.15, 0.2) is 6.61 Å². The molecule has 1 aliphatic rings. The molecule has 0 radical (unpaired) electrons. The molecule has 0 amide bonds. The van der Waals surface area contributed by atoms with Gasteiger partial charge in [-0.2, -0.15) is 5.26 Å². The summed E-state index contributed by atoms with van der Waals surface area (Å²) in [4.78, 5) is 24.1. The number of halogens is 1. The molecule has 148 valence electrons. The summed E-state index contributed by atoms with van der Waals surface area (Å²) >= 11 is 3.38. The zero-order valence-corrected chi connectivity index (χ0v) is 17.2. The largest absolute Gasteiger partial charge is 0.482 e. The van der Waals surface area contributed by atoms with Crippen molar-refractivity contribution in [3.8, 4) is 11.8 Å². The van der Waals surface area contributed by atoms with Crippen LogP contribution in [0.1, 0.15) is 25.3 Å². The van der Waals surface area contributed by atoms with E-state index in [0.29, 0.717) is 10.0 Å². The molecule has 1 heterocycles. The van der Waals surface area contributed by atoms with Gasteiger partial charge in [-0.25, -0.2) is 9.59 Å². The molecule has 1 aromatic rings. The van der Waals surface area contributed by atoms with Crippen molar-refractivity contribution >= 4 is 27.9 Å². The van der Waals surface area contributed by atoms with Gasteiger partial charge in [0.1, 0.15) is 23.2 Å². The van der Waals surface area contributed by atoms with Crippen LogP contribution in [0.15, 0.2) is 45.5 Å². The number of benzene rings is 1. The van der Waals surface area contributed by atoms with E-state index >= 15 is 0 Å². The minimum Gasteiger partial charge on any atom is -0.482 e. The first-order chi connectivity index (χ1) is 13.3. The monoisotopic (exact) mass is 450 g/mol. The van der Waals surface area contributed by atoms with E-state index in [1.54, 1.807) is 32.0 Å². The van der Waals surface area contributed by atoms with Crippen LogP contribution in [0.3, 0.4) is 0 Å². The second kappa shape index (κ2) is 9.28. The molecule has 1 aliphatic heterocycles. The van der Waals surface area contributed by atoms with E-state index in [4.69, 9.17) is 19.9 Å². The Kier molecular flexibility index (Phi) is 7.06. The van der Waals surface area contributed by atoms with Crippen LogP contribution in [-0.2, 0) is 23.8 Å². The summed E-state index contributed by atoms with van der Waals surface area (Å²) in [5.74, 6) is -1.70. The van der Waals surface area contributed by atoms with Crippen molar-refractivity contribution in [2.24, 2.45) is 5.73 Å². The molecule has 0 saturated carbocycles. The van der Waals surface area contributed by atoms with Gasteiger partial charge in [-0.3, -0.25) is 0 Å². The maximum atomic E-state index is 12.6. The van der Waals surface area contributed by atoms with Gasteiger partial charge in [-0.05, 0) is 32.0 Å². The number of nitrogens with zero attached hydrogens (tertiary/aromatic N) is 1. The van der Waals surface area contributed by atoms with E-state index in [9.17, 15) is 14.9 Å². The molecule has 0 saturated heterocycles. The van der Waals surface area contributed by atoms with Crippen molar-refractivity contribution in [1.29, 1.82) is 5.26 Å². The Morgan fingerprint density at radius 3 is 2.71 bits per heavy atom. The fourth-order valence-corrected chi connectivity index (χ4v) is 3.12. The highest BCUT2D eigenvalue weighted by atomic mass is 79.9. The summed E-state index contributed by atoms with van der Waals surface area (Å²) in [5.41, 5.74) is 6.52. The molecule has 28 heavy (non-hydrogen) atoms. The predicted molar refractivity (Wildman–Crippen MR) is 102 cm³/mol. The lowest BCUT2D eigenvalue weighted by Crippen LogP contribution is -2.26. The minimum absolute atomic E-state index is 0.0367. The Morgan fingerprint density at radius 1 is 1.39 bits per heavy atom. The van der Waals surface area contributed by atoms with Gasteiger partial charge in [0, 0.05) is 10.0 Å². The average molecular weight is 451 g/mol. The van der Waals surface area contributed by atoms with Crippen LogP contribution in [0.5, 0.6) is 5.75 Å². The summed E-state index contributed by atoms with van der Waals surface area (Å²) in [6, 6.07) is 6.99. The van der Waals surface area contributed by atoms with Crippen molar-refractivity contribution < 1.29 is 28.5 Å². The number of esters is 2. The van der Waals surface area contributed by atoms with Crippen molar-refractivity contribution in [3.63, 3.8) is 0 Å². The summed E-state index contributed by atoms with van der Waals surface area (Å²) < 4.78 is 21.4. The predicted octanol–water partition coefficient (Wildman–Crippen LogP) is 2.65. The normalized spacial score (nSPS) is 16.2. The molecule has 1 unspecified atom stereocenters. The molecule has 1 atom stereocenters. The Balaban J connectivity index is 2.63. The van der Waals surface area contributed by atoms with E-state index < -0.39 is 17.9 Å². The number of carbonyl (C=O) groups is 2. The number of ether oxygens (including phenoxy) is 4. The lowest BCUT2D eigenvalue weighted by molar-refractivity contribution is -0.143. The molecule has 0 aliphatic carbocycles. The van der Waals surface area contributed by atoms with Crippen LogP contribution in [-0.4, -0.2) is 32.3 Å². The quantitative estimate of drug-likeness (QED) is 0.656. The highest BCUT2D eigenvalue weighted by Crippen LogP contribution is 2.43. The van der Waals surface area contributed by atoms with Gasteiger partial charge >= 0.3 is 11.9 Å². The molecule has 1 aromatic carbocycles. The number of hydrogen-bond donors (Lipinski definition) is 1. The number of carbonyl (C=O) groups excluding carboxylic acids is 2. The molecule has 0 spiro atoms. The first-order valence-corrected chi connectivity index (χ1v) is 9.07. The fraction of sp³-hybridized carbons (Fsp3) is 0.316. The first kappa shape index (κ1) is 21.3. The molecule has 8 nitrogen and oxygen atoms in total. The molecular weight excluding hydrogens is 432 g/mol. The van der Waals surface area contributed by atoms with Crippen molar-refractivity contribution in [3.05, 3.63) is 51.0 Å². The van der Waals surface area contributed by atoms with E-state index in [1.165, 1.54) is 7.11 Å². The number of rotatable bonds is 6. The van der Waals surface area contributed by atoms with Gasteiger partial charge in [0.25, 0.3) is 0 Å². The fourth-order valence-electron chi connectivity index (χ4n) is 2.74. The van der Waals surface area contributed by atoms with Crippen LogP contribution in [0, 0.1) is 11.3 Å². The summed E-state index contributed by atoms with van der Waals surface area (Å²) in [6.45, 7) is 3.04. The highest BCUT2D eigenvalue weighted by molar-refractivity contribution is 9.10. The lowest BCUT2D eigenvalue weighted by atomic mass is 9.82.